The second kappa shape index (κ2) is 7.73. The van der Waals surface area contributed by atoms with E-state index in [9.17, 15) is 14.4 Å². The number of hydrogen-bond acceptors (Lipinski definition) is 4. The summed E-state index contributed by atoms with van der Waals surface area (Å²) in [7, 11) is 0. The molecule has 0 radical (unpaired) electrons. The maximum Gasteiger partial charge on any atom is 0.333 e. The average Bonchev–Trinajstić information content (AvgIpc) is 2.22. The van der Waals surface area contributed by atoms with Gasteiger partial charge in [-0.2, -0.15) is 0 Å². The number of amides is 1. The summed E-state index contributed by atoms with van der Waals surface area (Å²) in [5.74, 6) is -1.04. The third-order valence-corrected chi connectivity index (χ3v) is 1.56. The summed E-state index contributed by atoms with van der Waals surface area (Å²) in [6, 6.07) is 0. The van der Waals surface area contributed by atoms with E-state index in [-0.39, 0.29) is 6.29 Å². The van der Waals surface area contributed by atoms with Crippen molar-refractivity contribution in [3.8, 4) is 0 Å². The molecule has 0 rings (SSSR count). The smallest absolute Gasteiger partial charge is 0.333 e. The molecule has 0 aromatic heterocycles. The lowest BCUT2D eigenvalue weighted by molar-refractivity contribution is -0.139. The van der Waals surface area contributed by atoms with E-state index >= 15 is 0 Å². The van der Waals surface area contributed by atoms with Crippen molar-refractivity contribution < 1.29 is 19.1 Å². The Kier molecular flexibility index (Phi) is 6.88. The number of aldehydes is 1. The van der Waals surface area contributed by atoms with Gasteiger partial charge >= 0.3 is 5.97 Å². The number of rotatable bonds is 7. The third-order valence-electron chi connectivity index (χ3n) is 1.56. The monoisotopic (exact) mass is 213 g/mol. The van der Waals surface area contributed by atoms with Crippen LogP contribution < -0.4 is 5.32 Å². The van der Waals surface area contributed by atoms with E-state index < -0.39 is 11.9 Å². The lowest BCUT2D eigenvalue weighted by Gasteiger charge is -2.04. The largest absolute Gasteiger partial charge is 0.462 e. The molecule has 1 amide bonds. The maximum absolute atomic E-state index is 10.9. The Morgan fingerprint density at radius 3 is 2.60 bits per heavy atom. The van der Waals surface area contributed by atoms with Gasteiger partial charge in [-0.05, 0) is 19.8 Å². The highest BCUT2D eigenvalue weighted by molar-refractivity contribution is 6.23. The first-order chi connectivity index (χ1) is 7.07. The van der Waals surface area contributed by atoms with E-state index in [1.54, 1.807) is 6.92 Å². The van der Waals surface area contributed by atoms with Gasteiger partial charge in [0.15, 0.2) is 0 Å². The van der Waals surface area contributed by atoms with Crippen LogP contribution in [0.25, 0.3) is 0 Å². The van der Waals surface area contributed by atoms with Crippen LogP contribution >= 0.6 is 0 Å². The van der Waals surface area contributed by atoms with Gasteiger partial charge in [-0.3, -0.25) is 9.59 Å². The molecule has 0 saturated carbocycles. The van der Waals surface area contributed by atoms with Crippen molar-refractivity contribution in [1.82, 2.24) is 5.32 Å². The van der Waals surface area contributed by atoms with E-state index in [0.717, 1.165) is 0 Å². The van der Waals surface area contributed by atoms with Crippen molar-refractivity contribution in [1.29, 1.82) is 0 Å². The number of unbranched alkanes of at least 4 members (excludes halogenated alkanes) is 1. The normalized spacial score (nSPS) is 9.13. The molecule has 0 aliphatic carbocycles. The van der Waals surface area contributed by atoms with Gasteiger partial charge < -0.3 is 10.1 Å². The third kappa shape index (κ3) is 7.42. The van der Waals surface area contributed by atoms with Crippen LogP contribution in [0.3, 0.4) is 0 Å². The molecule has 15 heavy (non-hydrogen) atoms. The first-order valence-corrected chi connectivity index (χ1v) is 4.63. The van der Waals surface area contributed by atoms with Gasteiger partial charge in [0.1, 0.15) is 0 Å². The molecule has 0 saturated heterocycles. The lowest BCUT2D eigenvalue weighted by Crippen LogP contribution is -2.25. The molecular weight excluding hydrogens is 198 g/mol. The van der Waals surface area contributed by atoms with Crippen molar-refractivity contribution in [2.75, 3.05) is 13.2 Å². The van der Waals surface area contributed by atoms with Crippen LogP contribution in [-0.2, 0) is 19.1 Å². The number of carbonyl (C=O) groups is 3. The fourth-order valence-corrected chi connectivity index (χ4v) is 0.768. The standard InChI is InChI=1S/C10H15NO4/c1-8(2)10(14)15-6-4-3-5-11-9(13)7-12/h7H,1,3-6H2,2H3,(H,11,13). The Hall–Kier alpha value is -1.65. The molecule has 0 fully saturated rings. The molecule has 5 nitrogen and oxygen atoms in total. The maximum atomic E-state index is 10.9. The molecule has 0 aromatic carbocycles. The Labute approximate surface area is 88.5 Å². The van der Waals surface area contributed by atoms with E-state index in [1.165, 1.54) is 0 Å². The molecule has 0 aromatic rings. The van der Waals surface area contributed by atoms with Gasteiger partial charge in [0.25, 0.3) is 5.91 Å². The first kappa shape index (κ1) is 13.4. The fourth-order valence-electron chi connectivity index (χ4n) is 0.768. The molecule has 0 atom stereocenters. The molecule has 1 N–H and O–H groups in total. The van der Waals surface area contributed by atoms with Crippen LogP contribution in [0.5, 0.6) is 0 Å². The summed E-state index contributed by atoms with van der Waals surface area (Å²) in [4.78, 5) is 31.3. The van der Waals surface area contributed by atoms with Crippen LogP contribution in [0.1, 0.15) is 19.8 Å². The molecule has 84 valence electrons. The van der Waals surface area contributed by atoms with Crippen LogP contribution in [0.15, 0.2) is 12.2 Å². The highest BCUT2D eigenvalue weighted by atomic mass is 16.5. The van der Waals surface area contributed by atoms with E-state index in [1.807, 2.05) is 0 Å². The topological polar surface area (TPSA) is 72.5 Å². The predicted octanol–water partition coefficient (Wildman–Crippen LogP) is 0.201. The fraction of sp³-hybridized carbons (Fsp3) is 0.500. The molecule has 0 bridgehead atoms. The zero-order valence-electron chi connectivity index (χ0n) is 8.75. The van der Waals surface area contributed by atoms with Gasteiger partial charge in [-0.25, -0.2) is 4.79 Å². The summed E-state index contributed by atoms with van der Waals surface area (Å²) in [5.41, 5.74) is 0.365. The quantitative estimate of drug-likeness (QED) is 0.215. The van der Waals surface area contributed by atoms with Crippen molar-refractivity contribution in [3.05, 3.63) is 12.2 Å². The zero-order chi connectivity index (χ0) is 11.7. The minimum Gasteiger partial charge on any atom is -0.462 e. The number of esters is 1. The van der Waals surface area contributed by atoms with Crippen LogP contribution in [0.4, 0.5) is 0 Å². The highest BCUT2D eigenvalue weighted by Crippen LogP contribution is 1.95. The molecular formula is C10H15NO4. The second-order valence-corrected chi connectivity index (χ2v) is 3.03. The second-order valence-electron chi connectivity index (χ2n) is 3.03. The van der Waals surface area contributed by atoms with E-state index in [2.05, 4.69) is 11.9 Å². The first-order valence-electron chi connectivity index (χ1n) is 4.63. The van der Waals surface area contributed by atoms with Crippen LogP contribution in [-0.4, -0.2) is 31.3 Å². The molecule has 0 aliphatic heterocycles. The van der Waals surface area contributed by atoms with Crippen LogP contribution in [0.2, 0.25) is 0 Å². The van der Waals surface area contributed by atoms with Gasteiger partial charge in [0.05, 0.1) is 6.61 Å². The van der Waals surface area contributed by atoms with Crippen molar-refractivity contribution >= 4 is 18.2 Å². The Balaban J connectivity index is 3.32. The number of hydrogen-bond donors (Lipinski definition) is 1. The average molecular weight is 213 g/mol. The molecule has 0 spiro atoms. The van der Waals surface area contributed by atoms with Gasteiger partial charge in [-0.15, -0.1) is 0 Å². The van der Waals surface area contributed by atoms with Crippen molar-refractivity contribution in [3.63, 3.8) is 0 Å². The summed E-state index contributed by atoms with van der Waals surface area (Å²) in [6.07, 6.45) is 1.52. The van der Waals surface area contributed by atoms with Crippen LogP contribution in [0, 0.1) is 0 Å². The predicted molar refractivity (Wildman–Crippen MR) is 54.1 cm³/mol. The minimum absolute atomic E-state index is 0.223. The molecule has 0 heterocycles. The number of nitrogens with one attached hydrogen (secondary N) is 1. The summed E-state index contributed by atoms with van der Waals surface area (Å²) in [5, 5.41) is 2.38. The Morgan fingerprint density at radius 2 is 2.07 bits per heavy atom. The van der Waals surface area contributed by atoms with E-state index in [0.29, 0.717) is 31.6 Å². The van der Waals surface area contributed by atoms with Crippen molar-refractivity contribution in [2.24, 2.45) is 0 Å². The molecule has 0 aliphatic rings. The SMILES string of the molecule is C=C(C)C(=O)OCCCCNC(=O)C=O. The summed E-state index contributed by atoms with van der Waals surface area (Å²) >= 11 is 0. The number of carbonyl (C=O) groups excluding carboxylic acids is 3. The zero-order valence-corrected chi connectivity index (χ0v) is 8.75. The summed E-state index contributed by atoms with van der Waals surface area (Å²) in [6.45, 7) is 5.71. The highest BCUT2D eigenvalue weighted by Gasteiger charge is 2.02. The van der Waals surface area contributed by atoms with Gasteiger partial charge in [-0.1, -0.05) is 6.58 Å². The summed E-state index contributed by atoms with van der Waals surface area (Å²) < 4.78 is 4.82. The van der Waals surface area contributed by atoms with Crippen molar-refractivity contribution in [2.45, 2.75) is 19.8 Å². The minimum atomic E-state index is -0.631. The van der Waals surface area contributed by atoms with E-state index in [4.69, 9.17) is 4.74 Å². The molecule has 5 heteroatoms. The van der Waals surface area contributed by atoms with Gasteiger partial charge in [0.2, 0.25) is 6.29 Å². The Bertz CT molecular complexity index is 260. The molecule has 0 unspecified atom stereocenters. The Morgan fingerprint density at radius 1 is 1.40 bits per heavy atom. The lowest BCUT2D eigenvalue weighted by atomic mass is 10.3. The number of ether oxygens (including phenoxy) is 1. The van der Waals surface area contributed by atoms with Gasteiger partial charge in [0, 0.05) is 12.1 Å².